The number of hydrogen-bond acceptors (Lipinski definition) is 4. The number of hydrogen-bond donors (Lipinski definition) is 1. The van der Waals surface area contributed by atoms with E-state index in [1.807, 2.05) is 0 Å². The fraction of sp³-hybridized carbons (Fsp3) is 0.778. The third-order valence-corrected chi connectivity index (χ3v) is 2.40. The van der Waals surface area contributed by atoms with Crippen molar-refractivity contribution in [2.75, 3.05) is 6.61 Å². The van der Waals surface area contributed by atoms with Gasteiger partial charge >= 0.3 is 0 Å². The normalized spacial score (nSPS) is 24.0. The minimum Gasteiger partial charge on any atom is -0.387 e. The summed E-state index contributed by atoms with van der Waals surface area (Å²) in [5.41, 5.74) is 0.614. The molecule has 0 aliphatic carbocycles. The summed E-state index contributed by atoms with van der Waals surface area (Å²) in [5, 5.41) is 17.0. The Morgan fingerprint density at radius 2 is 2.64 bits per heavy atom. The summed E-state index contributed by atoms with van der Waals surface area (Å²) in [6.45, 7) is 3.27. The minimum atomic E-state index is -0.548. The van der Waals surface area contributed by atoms with Crippen molar-refractivity contribution in [3.05, 3.63) is 11.9 Å². The lowest BCUT2D eigenvalue weighted by Gasteiger charge is -2.07. The summed E-state index contributed by atoms with van der Waals surface area (Å²) >= 11 is 0. The van der Waals surface area contributed by atoms with Crippen molar-refractivity contribution >= 4 is 0 Å². The first-order valence-corrected chi connectivity index (χ1v) is 4.95. The van der Waals surface area contributed by atoms with Gasteiger partial charge in [0.05, 0.1) is 24.9 Å². The smallest absolute Gasteiger partial charge is 0.111 e. The molecule has 1 aromatic rings. The van der Waals surface area contributed by atoms with Gasteiger partial charge in [-0.05, 0) is 19.8 Å². The first kappa shape index (κ1) is 9.61. The van der Waals surface area contributed by atoms with Crippen LogP contribution in [0.4, 0.5) is 0 Å². The Labute approximate surface area is 82.7 Å². The summed E-state index contributed by atoms with van der Waals surface area (Å²) < 4.78 is 7.21. The van der Waals surface area contributed by atoms with Crippen LogP contribution in [-0.4, -0.2) is 32.8 Å². The van der Waals surface area contributed by atoms with Gasteiger partial charge in [-0.25, -0.2) is 4.68 Å². The molecule has 1 saturated heterocycles. The second kappa shape index (κ2) is 4.06. The molecule has 0 radical (unpaired) electrons. The standard InChI is InChI=1S/C9H15N3O2/c1-7(13)9-6-12(11-10-9)5-8-3-2-4-14-8/h6-8,13H,2-5H2,1H3/t7-,8?/m0/s1. The SMILES string of the molecule is C[C@H](O)c1cn(CC2CCCO2)nn1. The molecule has 2 rings (SSSR count). The zero-order chi connectivity index (χ0) is 9.97. The summed E-state index contributed by atoms with van der Waals surface area (Å²) in [5.74, 6) is 0. The molecule has 0 bridgehead atoms. The average molecular weight is 197 g/mol. The van der Waals surface area contributed by atoms with Crippen LogP contribution in [0.25, 0.3) is 0 Å². The van der Waals surface area contributed by atoms with Crippen molar-refractivity contribution in [3.8, 4) is 0 Å². The summed E-state index contributed by atoms with van der Waals surface area (Å²) in [7, 11) is 0. The number of ether oxygens (including phenoxy) is 1. The van der Waals surface area contributed by atoms with Gasteiger partial charge in [-0.1, -0.05) is 5.21 Å². The van der Waals surface area contributed by atoms with Crippen LogP contribution in [0.2, 0.25) is 0 Å². The zero-order valence-electron chi connectivity index (χ0n) is 8.26. The van der Waals surface area contributed by atoms with Crippen molar-refractivity contribution in [1.29, 1.82) is 0 Å². The molecule has 1 N–H and O–H groups in total. The van der Waals surface area contributed by atoms with E-state index in [9.17, 15) is 5.11 Å². The van der Waals surface area contributed by atoms with Gasteiger partial charge in [-0.2, -0.15) is 0 Å². The third-order valence-electron chi connectivity index (χ3n) is 2.40. The van der Waals surface area contributed by atoms with Gasteiger partial charge in [0, 0.05) is 6.61 Å². The van der Waals surface area contributed by atoms with Crippen LogP contribution in [0.1, 0.15) is 31.6 Å². The van der Waals surface area contributed by atoms with Crippen LogP contribution in [0.15, 0.2) is 6.20 Å². The van der Waals surface area contributed by atoms with E-state index in [0.717, 1.165) is 26.0 Å². The molecule has 5 heteroatoms. The lowest BCUT2D eigenvalue weighted by atomic mass is 10.2. The van der Waals surface area contributed by atoms with Gasteiger partial charge in [0.15, 0.2) is 0 Å². The molecule has 0 aromatic carbocycles. The second-order valence-electron chi connectivity index (χ2n) is 3.68. The number of nitrogens with zero attached hydrogens (tertiary/aromatic N) is 3. The van der Waals surface area contributed by atoms with Crippen molar-refractivity contribution in [2.45, 2.75) is 38.5 Å². The first-order chi connectivity index (χ1) is 6.75. The topological polar surface area (TPSA) is 60.2 Å². The van der Waals surface area contributed by atoms with E-state index in [1.165, 1.54) is 0 Å². The number of aliphatic hydroxyl groups excluding tert-OH is 1. The maximum absolute atomic E-state index is 9.25. The number of aromatic nitrogens is 3. The Hall–Kier alpha value is -0.940. The van der Waals surface area contributed by atoms with Gasteiger partial charge in [0.1, 0.15) is 5.69 Å². The predicted octanol–water partition coefficient (Wildman–Crippen LogP) is 0.510. The Bertz CT molecular complexity index is 292. The van der Waals surface area contributed by atoms with Crippen LogP contribution in [0.3, 0.4) is 0 Å². The summed E-state index contributed by atoms with van der Waals surface area (Å²) in [6.07, 6.45) is 3.70. The van der Waals surface area contributed by atoms with E-state index in [2.05, 4.69) is 10.3 Å². The van der Waals surface area contributed by atoms with E-state index in [4.69, 9.17) is 4.74 Å². The molecule has 1 aliphatic rings. The molecule has 1 fully saturated rings. The quantitative estimate of drug-likeness (QED) is 0.767. The maximum Gasteiger partial charge on any atom is 0.111 e. The lowest BCUT2D eigenvalue weighted by Crippen LogP contribution is -2.15. The van der Waals surface area contributed by atoms with Crippen LogP contribution < -0.4 is 0 Å². The maximum atomic E-state index is 9.25. The predicted molar refractivity (Wildman–Crippen MR) is 49.6 cm³/mol. The van der Waals surface area contributed by atoms with Crippen molar-refractivity contribution in [1.82, 2.24) is 15.0 Å². The van der Waals surface area contributed by atoms with Crippen molar-refractivity contribution in [2.24, 2.45) is 0 Å². The first-order valence-electron chi connectivity index (χ1n) is 4.95. The Kier molecular flexibility index (Phi) is 2.79. The Morgan fingerprint density at radius 1 is 1.79 bits per heavy atom. The molecule has 0 saturated carbocycles. The molecule has 0 spiro atoms. The molecule has 1 aliphatic heterocycles. The van der Waals surface area contributed by atoms with Gasteiger partial charge < -0.3 is 9.84 Å². The second-order valence-corrected chi connectivity index (χ2v) is 3.68. The van der Waals surface area contributed by atoms with E-state index in [-0.39, 0.29) is 6.10 Å². The summed E-state index contributed by atoms with van der Waals surface area (Å²) in [6, 6.07) is 0. The minimum absolute atomic E-state index is 0.263. The molecule has 1 aromatic heterocycles. The molecular formula is C9H15N3O2. The third kappa shape index (κ3) is 2.10. The molecule has 0 amide bonds. The van der Waals surface area contributed by atoms with Gasteiger partial charge in [0.25, 0.3) is 0 Å². The highest BCUT2D eigenvalue weighted by Crippen LogP contribution is 2.14. The fourth-order valence-corrected chi connectivity index (χ4v) is 1.59. The molecule has 1 unspecified atom stereocenters. The highest BCUT2D eigenvalue weighted by atomic mass is 16.5. The van der Waals surface area contributed by atoms with Crippen LogP contribution >= 0.6 is 0 Å². The van der Waals surface area contributed by atoms with Crippen LogP contribution in [-0.2, 0) is 11.3 Å². The largest absolute Gasteiger partial charge is 0.387 e. The molecular weight excluding hydrogens is 182 g/mol. The molecule has 5 nitrogen and oxygen atoms in total. The molecule has 78 valence electrons. The van der Waals surface area contributed by atoms with E-state index in [0.29, 0.717) is 5.69 Å². The molecule has 14 heavy (non-hydrogen) atoms. The zero-order valence-corrected chi connectivity index (χ0v) is 8.26. The van der Waals surface area contributed by atoms with E-state index < -0.39 is 6.10 Å². The Morgan fingerprint density at radius 3 is 3.21 bits per heavy atom. The number of rotatable bonds is 3. The van der Waals surface area contributed by atoms with Gasteiger partial charge in [-0.15, -0.1) is 5.10 Å². The summed E-state index contributed by atoms with van der Waals surface area (Å²) in [4.78, 5) is 0. The van der Waals surface area contributed by atoms with Crippen LogP contribution in [0, 0.1) is 0 Å². The monoisotopic (exact) mass is 197 g/mol. The fourth-order valence-electron chi connectivity index (χ4n) is 1.59. The number of aliphatic hydroxyl groups is 1. The highest BCUT2D eigenvalue weighted by Gasteiger charge is 2.17. The van der Waals surface area contributed by atoms with Gasteiger partial charge in [0.2, 0.25) is 0 Å². The average Bonchev–Trinajstić information content (AvgIpc) is 2.75. The van der Waals surface area contributed by atoms with Crippen LogP contribution in [0.5, 0.6) is 0 Å². The van der Waals surface area contributed by atoms with Crippen molar-refractivity contribution in [3.63, 3.8) is 0 Å². The lowest BCUT2D eigenvalue weighted by molar-refractivity contribution is 0.0934. The van der Waals surface area contributed by atoms with E-state index >= 15 is 0 Å². The molecule has 2 heterocycles. The van der Waals surface area contributed by atoms with Crippen molar-refractivity contribution < 1.29 is 9.84 Å². The van der Waals surface area contributed by atoms with Gasteiger partial charge in [-0.3, -0.25) is 0 Å². The van der Waals surface area contributed by atoms with E-state index in [1.54, 1.807) is 17.8 Å². The molecule has 2 atom stereocenters. The Balaban J connectivity index is 1.95. The highest BCUT2D eigenvalue weighted by molar-refractivity contribution is 4.95.